The number of nitrogens with one attached hydrogen (secondary N) is 1. The zero-order valence-corrected chi connectivity index (χ0v) is 19.3. The number of thioether (sulfide) groups is 1. The van der Waals surface area contributed by atoms with Crippen molar-refractivity contribution in [3.05, 3.63) is 57.6 Å². The van der Waals surface area contributed by atoms with Crippen LogP contribution < -0.4 is 10.1 Å². The van der Waals surface area contributed by atoms with Gasteiger partial charge in [-0.15, -0.1) is 11.8 Å². The molecule has 0 saturated carbocycles. The molecule has 2 aromatic carbocycles. The lowest BCUT2D eigenvalue weighted by Crippen LogP contribution is -2.26. The SMILES string of the molecule is COc1cccc([C@@H]2S[C@@H](CC(=O)OC(C)C)C(=S)Nc3ccc(Cl)cc32)c1Cl. The van der Waals surface area contributed by atoms with E-state index >= 15 is 0 Å². The van der Waals surface area contributed by atoms with E-state index in [0.717, 1.165) is 16.8 Å². The average Bonchev–Trinajstić information content (AvgIpc) is 2.78. The van der Waals surface area contributed by atoms with Crippen LogP contribution >= 0.6 is 47.2 Å². The highest BCUT2D eigenvalue weighted by molar-refractivity contribution is 8.02. The second-order valence-electron chi connectivity index (χ2n) is 6.83. The predicted octanol–water partition coefficient (Wildman–Crippen LogP) is 6.29. The Morgan fingerprint density at radius 3 is 2.69 bits per heavy atom. The maximum absolute atomic E-state index is 12.3. The number of halogens is 2. The fourth-order valence-electron chi connectivity index (χ4n) is 3.11. The molecule has 3 rings (SSSR count). The van der Waals surface area contributed by atoms with Crippen LogP contribution in [0.25, 0.3) is 0 Å². The van der Waals surface area contributed by atoms with Crippen LogP contribution in [0.5, 0.6) is 5.75 Å². The van der Waals surface area contributed by atoms with Crippen LogP contribution in [0.1, 0.15) is 36.6 Å². The van der Waals surface area contributed by atoms with Crippen molar-refractivity contribution in [1.29, 1.82) is 0 Å². The lowest BCUT2D eigenvalue weighted by Gasteiger charge is -2.22. The van der Waals surface area contributed by atoms with Crippen molar-refractivity contribution in [1.82, 2.24) is 0 Å². The molecule has 0 unspecified atom stereocenters. The first-order valence-electron chi connectivity index (χ1n) is 9.07. The van der Waals surface area contributed by atoms with E-state index in [9.17, 15) is 4.79 Å². The normalized spacial score (nSPS) is 18.6. The largest absolute Gasteiger partial charge is 0.495 e. The fraction of sp³-hybridized carbons (Fsp3) is 0.333. The van der Waals surface area contributed by atoms with Crippen molar-refractivity contribution < 1.29 is 14.3 Å². The number of thiocarbonyl (C=S) groups is 1. The molecule has 2 aromatic rings. The standard InChI is InChI=1S/C21H21Cl2NO3S2/c1-11(2)27-18(25)10-17-21(28)24-15-8-7-12(22)9-14(15)20(29-17)13-5-4-6-16(26-3)19(13)23/h4-9,11,17,20H,10H2,1-3H3,(H,24,28)/t17-,20-/m0/s1. The van der Waals surface area contributed by atoms with Gasteiger partial charge >= 0.3 is 5.97 Å². The third kappa shape index (κ3) is 5.18. The number of carbonyl (C=O) groups is 1. The molecule has 0 saturated heterocycles. The number of methoxy groups -OCH3 is 1. The van der Waals surface area contributed by atoms with E-state index in [1.54, 1.807) is 24.9 Å². The highest BCUT2D eigenvalue weighted by Gasteiger charge is 2.33. The second-order valence-corrected chi connectivity index (χ2v) is 9.40. The summed E-state index contributed by atoms with van der Waals surface area (Å²) in [6.07, 6.45) is -0.0199. The topological polar surface area (TPSA) is 47.6 Å². The summed E-state index contributed by atoms with van der Waals surface area (Å²) in [5, 5.41) is 3.93. The first-order valence-corrected chi connectivity index (χ1v) is 11.2. The van der Waals surface area contributed by atoms with Gasteiger partial charge in [-0.05, 0) is 49.2 Å². The van der Waals surface area contributed by atoms with Gasteiger partial charge in [0.05, 0.1) is 40.1 Å². The van der Waals surface area contributed by atoms with E-state index in [4.69, 9.17) is 44.9 Å². The molecule has 1 aliphatic heterocycles. The molecule has 1 heterocycles. The first-order chi connectivity index (χ1) is 13.8. The summed E-state index contributed by atoms with van der Waals surface area (Å²) in [4.78, 5) is 12.9. The molecule has 0 aromatic heterocycles. The summed E-state index contributed by atoms with van der Waals surface area (Å²) in [7, 11) is 1.58. The number of carbonyl (C=O) groups excluding carboxylic acids is 1. The van der Waals surface area contributed by atoms with Crippen LogP contribution in [-0.2, 0) is 9.53 Å². The van der Waals surface area contributed by atoms with E-state index in [1.165, 1.54) is 0 Å². The molecule has 1 N–H and O–H groups in total. The van der Waals surface area contributed by atoms with Gasteiger partial charge < -0.3 is 14.8 Å². The molecule has 0 radical (unpaired) electrons. The molecule has 0 amide bonds. The Labute approximate surface area is 190 Å². The fourth-order valence-corrected chi connectivity index (χ4v) is 5.45. The molecule has 154 valence electrons. The van der Waals surface area contributed by atoms with Gasteiger partial charge in [-0.2, -0.15) is 0 Å². The van der Waals surface area contributed by atoms with Crippen LogP contribution in [-0.4, -0.2) is 29.4 Å². The molecule has 1 aliphatic rings. The van der Waals surface area contributed by atoms with Crippen molar-refractivity contribution in [2.24, 2.45) is 0 Å². The van der Waals surface area contributed by atoms with Gasteiger partial charge in [0.15, 0.2) is 0 Å². The van der Waals surface area contributed by atoms with Gasteiger partial charge in [-0.1, -0.05) is 47.6 Å². The number of rotatable bonds is 5. The van der Waals surface area contributed by atoms with Gasteiger partial charge in [0.2, 0.25) is 0 Å². The number of ether oxygens (including phenoxy) is 2. The summed E-state index contributed by atoms with van der Waals surface area (Å²) in [5.74, 6) is 0.296. The number of esters is 1. The van der Waals surface area contributed by atoms with Gasteiger partial charge in [0.25, 0.3) is 0 Å². The molecule has 4 nitrogen and oxygen atoms in total. The lowest BCUT2D eigenvalue weighted by molar-refractivity contribution is -0.147. The number of hydrogen-bond donors (Lipinski definition) is 1. The first kappa shape index (κ1) is 22.2. The molecule has 0 fully saturated rings. The van der Waals surface area contributed by atoms with E-state index in [1.807, 2.05) is 44.2 Å². The van der Waals surface area contributed by atoms with Crippen molar-refractivity contribution in [3.8, 4) is 5.75 Å². The Bertz CT molecular complexity index is 936. The van der Waals surface area contributed by atoms with Crippen LogP contribution in [0.4, 0.5) is 5.69 Å². The Hall–Kier alpha value is -1.47. The Morgan fingerprint density at radius 1 is 1.24 bits per heavy atom. The molecular formula is C21H21Cl2NO3S2. The van der Waals surface area contributed by atoms with E-state index < -0.39 is 0 Å². The Kier molecular flexibility index (Phi) is 7.32. The van der Waals surface area contributed by atoms with Gasteiger partial charge in [-0.3, -0.25) is 4.79 Å². The number of hydrogen-bond acceptors (Lipinski definition) is 5. The highest BCUT2D eigenvalue weighted by Crippen LogP contribution is 2.49. The molecule has 2 atom stereocenters. The van der Waals surface area contributed by atoms with Gasteiger partial charge in [0.1, 0.15) is 5.75 Å². The third-order valence-electron chi connectivity index (χ3n) is 4.36. The van der Waals surface area contributed by atoms with Crippen LogP contribution in [0.15, 0.2) is 36.4 Å². The quantitative estimate of drug-likeness (QED) is 0.410. The minimum atomic E-state index is -0.291. The molecular weight excluding hydrogens is 449 g/mol. The highest BCUT2D eigenvalue weighted by atomic mass is 35.5. The van der Waals surface area contributed by atoms with Crippen molar-refractivity contribution in [2.45, 2.75) is 36.9 Å². The Balaban J connectivity index is 2.05. The van der Waals surface area contributed by atoms with Crippen LogP contribution in [0.2, 0.25) is 10.0 Å². The molecule has 0 bridgehead atoms. The van der Waals surface area contributed by atoms with Gasteiger partial charge in [-0.25, -0.2) is 0 Å². The molecule has 29 heavy (non-hydrogen) atoms. The van der Waals surface area contributed by atoms with Crippen LogP contribution in [0.3, 0.4) is 0 Å². The second kappa shape index (κ2) is 9.56. The van der Waals surface area contributed by atoms with E-state index in [2.05, 4.69) is 5.32 Å². The summed E-state index contributed by atoms with van der Waals surface area (Å²) in [6.45, 7) is 3.65. The van der Waals surface area contributed by atoms with Crippen molar-refractivity contribution in [3.63, 3.8) is 0 Å². The van der Waals surface area contributed by atoms with E-state index in [0.29, 0.717) is 20.8 Å². The molecule has 0 spiro atoms. The predicted molar refractivity (Wildman–Crippen MR) is 125 cm³/mol. The Morgan fingerprint density at radius 2 is 2.00 bits per heavy atom. The van der Waals surface area contributed by atoms with Gasteiger partial charge in [0, 0.05) is 10.7 Å². The maximum Gasteiger partial charge on any atom is 0.307 e. The minimum absolute atomic E-state index is 0.161. The monoisotopic (exact) mass is 469 g/mol. The molecule has 0 aliphatic carbocycles. The van der Waals surface area contributed by atoms with Crippen LogP contribution in [0, 0.1) is 0 Å². The number of anilines is 1. The van der Waals surface area contributed by atoms with Crippen molar-refractivity contribution in [2.75, 3.05) is 12.4 Å². The average molecular weight is 470 g/mol. The maximum atomic E-state index is 12.3. The number of benzene rings is 2. The molecule has 8 heteroatoms. The summed E-state index contributed by atoms with van der Waals surface area (Å²) >= 11 is 20.1. The summed E-state index contributed by atoms with van der Waals surface area (Å²) < 4.78 is 10.7. The van der Waals surface area contributed by atoms with E-state index in [-0.39, 0.29) is 29.0 Å². The summed E-state index contributed by atoms with van der Waals surface area (Å²) in [6, 6.07) is 11.2. The summed E-state index contributed by atoms with van der Waals surface area (Å²) in [5.41, 5.74) is 2.66. The lowest BCUT2D eigenvalue weighted by atomic mass is 10.0. The van der Waals surface area contributed by atoms with Crippen molar-refractivity contribution >= 4 is 63.8 Å². The smallest absolute Gasteiger partial charge is 0.307 e. The zero-order chi connectivity index (χ0) is 21.1. The zero-order valence-electron chi connectivity index (χ0n) is 16.2. The minimum Gasteiger partial charge on any atom is -0.495 e. The third-order valence-corrected chi connectivity index (χ3v) is 7.05. The number of fused-ring (bicyclic) bond motifs is 1.